The average molecular weight is 430 g/mol. The van der Waals surface area contributed by atoms with Crippen molar-refractivity contribution in [2.45, 2.75) is 19.5 Å². The highest BCUT2D eigenvalue weighted by Gasteiger charge is 2.04. The zero-order chi connectivity index (χ0) is 15.6. The molecule has 0 fully saturated rings. The van der Waals surface area contributed by atoms with Crippen LogP contribution in [0.1, 0.15) is 12.0 Å². The van der Waals surface area contributed by atoms with Gasteiger partial charge in [-0.15, -0.1) is 24.0 Å². The zero-order valence-electron chi connectivity index (χ0n) is 13.4. The van der Waals surface area contributed by atoms with Gasteiger partial charge in [0.05, 0.1) is 7.11 Å². The molecule has 2 heterocycles. The molecule has 0 radical (unpaired) electrons. The predicted molar refractivity (Wildman–Crippen MR) is 101 cm³/mol. The quantitative estimate of drug-likeness (QED) is 0.303. The summed E-state index contributed by atoms with van der Waals surface area (Å²) in [5, 5.41) is 10.7. The first-order chi connectivity index (χ1) is 10.8. The van der Waals surface area contributed by atoms with Crippen molar-refractivity contribution in [2.24, 2.45) is 4.99 Å². The van der Waals surface area contributed by atoms with Crippen LogP contribution in [-0.2, 0) is 13.1 Å². The summed E-state index contributed by atoms with van der Waals surface area (Å²) in [6.45, 7) is 2.31. The molecule has 2 aromatic rings. The Morgan fingerprint density at radius 1 is 1.30 bits per heavy atom. The van der Waals surface area contributed by atoms with E-state index in [9.17, 15) is 0 Å². The van der Waals surface area contributed by atoms with Crippen molar-refractivity contribution in [1.82, 2.24) is 25.4 Å². The van der Waals surface area contributed by atoms with Crippen LogP contribution in [0.2, 0.25) is 0 Å². The Kier molecular flexibility index (Phi) is 9.03. The predicted octanol–water partition coefficient (Wildman–Crippen LogP) is 1.66. The zero-order valence-corrected chi connectivity index (χ0v) is 15.7. The third kappa shape index (κ3) is 6.43. The van der Waals surface area contributed by atoms with Gasteiger partial charge in [-0.2, -0.15) is 5.10 Å². The molecule has 0 atom stereocenters. The van der Waals surface area contributed by atoms with E-state index in [0.29, 0.717) is 12.4 Å². The molecule has 7 nitrogen and oxygen atoms in total. The number of guanidine groups is 1. The van der Waals surface area contributed by atoms with Gasteiger partial charge in [-0.25, -0.2) is 4.98 Å². The number of halogens is 1. The van der Waals surface area contributed by atoms with Crippen molar-refractivity contribution in [2.75, 3.05) is 20.7 Å². The molecule has 0 aliphatic heterocycles. The normalized spacial score (nSPS) is 10.8. The van der Waals surface area contributed by atoms with Crippen LogP contribution < -0.4 is 15.4 Å². The lowest BCUT2D eigenvalue weighted by atomic mass is 10.2. The van der Waals surface area contributed by atoms with Crippen molar-refractivity contribution >= 4 is 29.9 Å². The van der Waals surface area contributed by atoms with Crippen molar-refractivity contribution in [1.29, 1.82) is 0 Å². The largest absolute Gasteiger partial charge is 0.481 e. The molecular formula is C15H23IN6O. The molecule has 2 N–H and O–H groups in total. The van der Waals surface area contributed by atoms with E-state index in [0.717, 1.165) is 31.0 Å². The van der Waals surface area contributed by atoms with E-state index in [1.165, 1.54) is 0 Å². The Hall–Kier alpha value is -1.84. The second-order valence-electron chi connectivity index (χ2n) is 4.65. The van der Waals surface area contributed by atoms with Crippen molar-refractivity contribution in [3.05, 3.63) is 42.4 Å². The fourth-order valence-corrected chi connectivity index (χ4v) is 2.02. The number of methoxy groups -OCH3 is 1. The van der Waals surface area contributed by atoms with Crippen LogP contribution >= 0.6 is 24.0 Å². The number of hydrogen-bond acceptors (Lipinski definition) is 4. The second kappa shape index (κ2) is 10.8. The van der Waals surface area contributed by atoms with E-state index in [4.69, 9.17) is 4.74 Å². The number of pyridine rings is 1. The first kappa shape index (κ1) is 19.2. The lowest BCUT2D eigenvalue weighted by molar-refractivity contribution is 0.392. The topological polar surface area (TPSA) is 76.4 Å². The molecule has 0 aliphatic carbocycles. The highest BCUT2D eigenvalue weighted by atomic mass is 127. The minimum absolute atomic E-state index is 0. The summed E-state index contributed by atoms with van der Waals surface area (Å²) >= 11 is 0. The van der Waals surface area contributed by atoms with Crippen molar-refractivity contribution in [3.8, 4) is 5.88 Å². The summed E-state index contributed by atoms with van der Waals surface area (Å²) in [6, 6.07) is 5.79. The maximum Gasteiger partial charge on any atom is 0.218 e. The SMILES string of the molecule is CN=C(NCCCn1cccn1)NCc1cccnc1OC.I. The Morgan fingerprint density at radius 3 is 2.87 bits per heavy atom. The fraction of sp³-hybridized carbons (Fsp3) is 0.400. The lowest BCUT2D eigenvalue weighted by Crippen LogP contribution is -2.37. The van der Waals surface area contributed by atoms with Gasteiger partial charge in [-0.1, -0.05) is 6.07 Å². The van der Waals surface area contributed by atoms with Gasteiger partial charge in [0.15, 0.2) is 5.96 Å². The molecule has 2 rings (SSSR count). The van der Waals surface area contributed by atoms with Crippen LogP contribution in [0.5, 0.6) is 5.88 Å². The molecule has 0 unspecified atom stereocenters. The Bertz CT molecular complexity index is 587. The summed E-state index contributed by atoms with van der Waals surface area (Å²) in [4.78, 5) is 8.38. The van der Waals surface area contributed by atoms with Crippen LogP contribution in [0, 0.1) is 0 Å². The summed E-state index contributed by atoms with van der Waals surface area (Å²) in [5.74, 6) is 1.38. The molecule has 0 saturated heterocycles. The summed E-state index contributed by atoms with van der Waals surface area (Å²) in [5.41, 5.74) is 0.990. The van der Waals surface area contributed by atoms with E-state index in [1.54, 1.807) is 26.6 Å². The first-order valence-corrected chi connectivity index (χ1v) is 7.23. The van der Waals surface area contributed by atoms with E-state index >= 15 is 0 Å². The van der Waals surface area contributed by atoms with Crippen LogP contribution in [0.4, 0.5) is 0 Å². The van der Waals surface area contributed by atoms with Gasteiger partial charge in [-0.3, -0.25) is 9.67 Å². The number of rotatable bonds is 7. The Labute approximate surface area is 153 Å². The number of aryl methyl sites for hydroxylation is 1. The highest BCUT2D eigenvalue weighted by molar-refractivity contribution is 14.0. The summed E-state index contributed by atoms with van der Waals surface area (Å²) < 4.78 is 7.15. The molecule has 23 heavy (non-hydrogen) atoms. The van der Waals surface area contributed by atoms with E-state index in [2.05, 4.69) is 25.7 Å². The van der Waals surface area contributed by atoms with Crippen LogP contribution in [0.15, 0.2) is 41.8 Å². The minimum atomic E-state index is 0. The maximum absolute atomic E-state index is 5.23. The monoisotopic (exact) mass is 430 g/mol. The van der Waals surface area contributed by atoms with Crippen molar-refractivity contribution in [3.63, 3.8) is 0 Å². The van der Waals surface area contributed by atoms with E-state index in [1.807, 2.05) is 29.1 Å². The molecule has 0 aliphatic rings. The van der Waals surface area contributed by atoms with Gasteiger partial charge in [0.1, 0.15) is 0 Å². The molecular weight excluding hydrogens is 407 g/mol. The minimum Gasteiger partial charge on any atom is -0.481 e. The summed E-state index contributed by atoms with van der Waals surface area (Å²) in [6.07, 6.45) is 6.43. The number of nitrogens with zero attached hydrogens (tertiary/aromatic N) is 4. The number of nitrogens with one attached hydrogen (secondary N) is 2. The van der Waals surface area contributed by atoms with Crippen LogP contribution in [-0.4, -0.2) is 41.4 Å². The molecule has 126 valence electrons. The van der Waals surface area contributed by atoms with E-state index < -0.39 is 0 Å². The molecule has 8 heteroatoms. The number of aliphatic imine (C=N–C) groups is 1. The van der Waals surface area contributed by atoms with Crippen LogP contribution in [0.3, 0.4) is 0 Å². The summed E-state index contributed by atoms with van der Waals surface area (Å²) in [7, 11) is 3.37. The lowest BCUT2D eigenvalue weighted by Gasteiger charge is -2.13. The molecule has 0 aromatic carbocycles. The third-order valence-electron chi connectivity index (χ3n) is 3.13. The Balaban J connectivity index is 0.00000264. The van der Waals surface area contributed by atoms with Crippen LogP contribution in [0.25, 0.3) is 0 Å². The standard InChI is InChI=1S/C15H22N6O.HI/c1-16-15(18-8-4-10-21-11-5-9-20-21)19-12-13-6-3-7-17-14(13)22-2;/h3,5-7,9,11H,4,8,10,12H2,1-2H3,(H2,16,18,19);1H. The molecule has 0 saturated carbocycles. The second-order valence-corrected chi connectivity index (χ2v) is 4.65. The number of ether oxygens (including phenoxy) is 1. The fourth-order valence-electron chi connectivity index (χ4n) is 2.02. The Morgan fingerprint density at radius 2 is 2.17 bits per heavy atom. The van der Waals surface area contributed by atoms with Crippen molar-refractivity contribution < 1.29 is 4.74 Å². The van der Waals surface area contributed by atoms with Gasteiger partial charge in [0.25, 0.3) is 0 Å². The average Bonchev–Trinajstić information content (AvgIpc) is 3.08. The molecule has 0 spiro atoms. The van der Waals surface area contributed by atoms with Gasteiger partial charge >= 0.3 is 0 Å². The number of hydrogen-bond donors (Lipinski definition) is 2. The number of aromatic nitrogens is 3. The van der Waals surface area contributed by atoms with Gasteiger partial charge in [-0.05, 0) is 18.6 Å². The van der Waals surface area contributed by atoms with Gasteiger partial charge < -0.3 is 15.4 Å². The molecule has 0 bridgehead atoms. The smallest absolute Gasteiger partial charge is 0.218 e. The highest BCUT2D eigenvalue weighted by Crippen LogP contribution is 2.12. The first-order valence-electron chi connectivity index (χ1n) is 7.23. The van der Waals surface area contributed by atoms with Gasteiger partial charge in [0, 0.05) is 50.8 Å². The van der Waals surface area contributed by atoms with E-state index in [-0.39, 0.29) is 24.0 Å². The third-order valence-corrected chi connectivity index (χ3v) is 3.13. The molecule has 0 amide bonds. The molecule has 2 aromatic heterocycles. The van der Waals surface area contributed by atoms with Gasteiger partial charge in [0.2, 0.25) is 5.88 Å². The maximum atomic E-state index is 5.23.